The number of nitrogens with two attached hydrogens (primary N) is 2. The lowest BCUT2D eigenvalue weighted by Gasteiger charge is -2.26. The van der Waals surface area contributed by atoms with E-state index in [-0.39, 0.29) is 25.2 Å². The molecular weight excluding hydrogens is 486 g/mol. The van der Waals surface area contributed by atoms with Crippen molar-refractivity contribution in [1.82, 2.24) is 16.0 Å². The molecule has 204 valence electrons. The summed E-state index contributed by atoms with van der Waals surface area (Å²) in [6.07, 6.45) is -1.15. The maximum atomic E-state index is 13.0. The topological polar surface area (TPSA) is 231 Å². The minimum Gasteiger partial charge on any atom is -0.481 e. The Balaban J connectivity index is 3.03. The van der Waals surface area contributed by atoms with Crippen molar-refractivity contribution in [2.24, 2.45) is 17.4 Å². The minimum absolute atomic E-state index is 0.0132. The van der Waals surface area contributed by atoms with Crippen LogP contribution in [-0.4, -0.2) is 69.9 Å². The Kier molecular flexibility index (Phi) is 12.7. The first-order valence-electron chi connectivity index (χ1n) is 11.7. The maximum Gasteiger partial charge on any atom is 0.326 e. The van der Waals surface area contributed by atoms with E-state index in [0.717, 1.165) is 0 Å². The minimum atomic E-state index is -1.38. The molecule has 0 aliphatic rings. The number of nitrogens with one attached hydrogen (secondary N) is 3. The van der Waals surface area contributed by atoms with Crippen LogP contribution < -0.4 is 27.4 Å². The van der Waals surface area contributed by atoms with E-state index >= 15 is 0 Å². The number of carboxylic acid groups (broad SMARTS) is 2. The molecule has 0 aromatic heterocycles. The van der Waals surface area contributed by atoms with Crippen LogP contribution >= 0.6 is 0 Å². The molecule has 1 rings (SSSR count). The van der Waals surface area contributed by atoms with Gasteiger partial charge in [0.05, 0.1) is 12.5 Å². The largest absolute Gasteiger partial charge is 0.481 e. The van der Waals surface area contributed by atoms with Gasteiger partial charge in [-0.15, -0.1) is 0 Å². The number of rotatable bonds is 16. The zero-order valence-corrected chi connectivity index (χ0v) is 20.8. The van der Waals surface area contributed by atoms with Crippen molar-refractivity contribution in [3.8, 4) is 0 Å². The van der Waals surface area contributed by atoms with E-state index in [1.165, 1.54) is 0 Å². The Labute approximate surface area is 214 Å². The Morgan fingerprint density at radius 3 is 1.89 bits per heavy atom. The van der Waals surface area contributed by atoms with Gasteiger partial charge in [-0.25, -0.2) is 4.79 Å². The summed E-state index contributed by atoms with van der Waals surface area (Å²) in [6, 6.07) is 3.49. The van der Waals surface area contributed by atoms with Gasteiger partial charge in [-0.05, 0) is 24.3 Å². The highest BCUT2D eigenvalue weighted by molar-refractivity contribution is 5.95. The number of hydrogen-bond donors (Lipinski definition) is 7. The van der Waals surface area contributed by atoms with Crippen LogP contribution in [0.2, 0.25) is 0 Å². The van der Waals surface area contributed by atoms with Crippen molar-refractivity contribution >= 4 is 35.6 Å². The second kappa shape index (κ2) is 15.2. The summed E-state index contributed by atoms with van der Waals surface area (Å²) in [7, 11) is 0. The smallest absolute Gasteiger partial charge is 0.326 e. The third kappa shape index (κ3) is 12.0. The lowest BCUT2D eigenvalue weighted by Crippen LogP contribution is -2.57. The Hall–Kier alpha value is -4.00. The molecule has 0 aliphatic heterocycles. The number of aliphatic carboxylic acids is 2. The van der Waals surface area contributed by atoms with Gasteiger partial charge < -0.3 is 37.6 Å². The number of hydrogen-bond acceptors (Lipinski definition) is 7. The highest BCUT2D eigenvalue weighted by Gasteiger charge is 2.31. The molecule has 1 aromatic rings. The van der Waals surface area contributed by atoms with Gasteiger partial charge >= 0.3 is 11.9 Å². The van der Waals surface area contributed by atoms with Gasteiger partial charge in [0.15, 0.2) is 0 Å². The maximum absolute atomic E-state index is 13.0. The highest BCUT2D eigenvalue weighted by atomic mass is 16.4. The quantitative estimate of drug-likeness (QED) is 0.139. The second-order valence-electron chi connectivity index (χ2n) is 9.05. The fourth-order valence-electron chi connectivity index (χ4n) is 3.42. The Bertz CT molecular complexity index is 969. The fourth-order valence-corrected chi connectivity index (χ4v) is 3.42. The summed E-state index contributed by atoms with van der Waals surface area (Å²) < 4.78 is 0. The first kappa shape index (κ1) is 31.0. The van der Waals surface area contributed by atoms with Crippen molar-refractivity contribution in [2.45, 2.75) is 70.1 Å². The van der Waals surface area contributed by atoms with Crippen LogP contribution in [0.15, 0.2) is 30.3 Å². The molecule has 9 N–H and O–H groups in total. The molecule has 4 atom stereocenters. The monoisotopic (exact) mass is 521 g/mol. The zero-order chi connectivity index (χ0) is 28.1. The number of carbonyl (C=O) groups is 6. The van der Waals surface area contributed by atoms with Gasteiger partial charge in [0.1, 0.15) is 18.1 Å². The van der Waals surface area contributed by atoms with Crippen LogP contribution in [0.1, 0.15) is 45.1 Å². The van der Waals surface area contributed by atoms with Gasteiger partial charge in [-0.2, -0.15) is 0 Å². The molecule has 13 nitrogen and oxygen atoms in total. The summed E-state index contributed by atoms with van der Waals surface area (Å²) >= 11 is 0. The molecule has 0 radical (unpaired) electrons. The Morgan fingerprint density at radius 2 is 1.38 bits per heavy atom. The van der Waals surface area contributed by atoms with Crippen LogP contribution in [0.5, 0.6) is 0 Å². The van der Waals surface area contributed by atoms with Crippen molar-refractivity contribution in [3.05, 3.63) is 35.9 Å². The summed E-state index contributed by atoms with van der Waals surface area (Å²) in [4.78, 5) is 72.2. The molecular formula is C24H35N5O8. The molecule has 4 amide bonds. The van der Waals surface area contributed by atoms with E-state index in [4.69, 9.17) is 16.6 Å². The number of benzene rings is 1. The van der Waals surface area contributed by atoms with Crippen LogP contribution in [0.25, 0.3) is 0 Å². The summed E-state index contributed by atoms with van der Waals surface area (Å²) in [5, 5.41) is 25.8. The number of primary amides is 1. The van der Waals surface area contributed by atoms with Gasteiger partial charge in [-0.3, -0.25) is 24.0 Å². The average Bonchev–Trinajstić information content (AvgIpc) is 2.80. The summed E-state index contributed by atoms with van der Waals surface area (Å²) in [5.74, 6) is -5.94. The van der Waals surface area contributed by atoms with E-state index in [9.17, 15) is 33.9 Å². The molecule has 0 fully saturated rings. The summed E-state index contributed by atoms with van der Waals surface area (Å²) in [6.45, 7) is 3.58. The Morgan fingerprint density at radius 1 is 0.838 bits per heavy atom. The van der Waals surface area contributed by atoms with Crippen molar-refractivity contribution in [1.29, 1.82) is 0 Å². The fraction of sp³-hybridized carbons (Fsp3) is 0.500. The molecule has 0 spiro atoms. The van der Waals surface area contributed by atoms with E-state index in [2.05, 4.69) is 16.0 Å². The lowest BCUT2D eigenvalue weighted by atomic mass is 10.0. The molecule has 1 aromatic carbocycles. The van der Waals surface area contributed by atoms with E-state index in [0.29, 0.717) is 5.56 Å². The average molecular weight is 522 g/mol. The SMILES string of the molecule is CC(C)CC(NC(=O)C(CCC(=O)O)NC(=O)C(N)CC(N)=O)C(=O)NC(Cc1ccccc1)C(=O)O. The highest BCUT2D eigenvalue weighted by Crippen LogP contribution is 2.09. The second-order valence-corrected chi connectivity index (χ2v) is 9.05. The van der Waals surface area contributed by atoms with E-state index < -0.39 is 72.6 Å². The number of amides is 4. The molecule has 13 heteroatoms. The third-order valence-electron chi connectivity index (χ3n) is 5.28. The van der Waals surface area contributed by atoms with Crippen LogP contribution in [0.3, 0.4) is 0 Å². The van der Waals surface area contributed by atoms with Gasteiger partial charge in [-0.1, -0.05) is 44.2 Å². The van der Waals surface area contributed by atoms with Crippen molar-refractivity contribution in [3.63, 3.8) is 0 Å². The molecule has 0 bridgehead atoms. The lowest BCUT2D eigenvalue weighted by molar-refractivity contribution is -0.142. The first-order valence-corrected chi connectivity index (χ1v) is 11.7. The molecule has 0 aliphatic carbocycles. The number of carbonyl (C=O) groups excluding carboxylic acids is 4. The summed E-state index contributed by atoms with van der Waals surface area (Å²) in [5.41, 5.74) is 11.3. The molecule has 4 unspecified atom stereocenters. The predicted octanol–water partition coefficient (Wildman–Crippen LogP) is -1.12. The van der Waals surface area contributed by atoms with Crippen molar-refractivity contribution < 1.29 is 39.0 Å². The predicted molar refractivity (Wildman–Crippen MR) is 132 cm³/mol. The van der Waals surface area contributed by atoms with Gasteiger partial charge in [0, 0.05) is 12.8 Å². The third-order valence-corrected chi connectivity index (χ3v) is 5.28. The molecule has 0 saturated heterocycles. The van der Waals surface area contributed by atoms with E-state index in [1.807, 2.05) is 0 Å². The van der Waals surface area contributed by atoms with Gasteiger partial charge in [0.2, 0.25) is 23.6 Å². The van der Waals surface area contributed by atoms with Crippen LogP contribution in [-0.2, 0) is 35.2 Å². The normalized spacial score (nSPS) is 14.1. The first-order chi connectivity index (χ1) is 17.3. The van der Waals surface area contributed by atoms with E-state index in [1.54, 1.807) is 44.2 Å². The molecule has 0 heterocycles. The zero-order valence-electron chi connectivity index (χ0n) is 20.8. The molecule has 0 saturated carbocycles. The van der Waals surface area contributed by atoms with Gasteiger partial charge in [0.25, 0.3) is 0 Å². The van der Waals surface area contributed by atoms with Crippen LogP contribution in [0.4, 0.5) is 0 Å². The van der Waals surface area contributed by atoms with Crippen molar-refractivity contribution in [2.75, 3.05) is 0 Å². The standard InChI is InChI=1S/C24H35N5O8/c1-13(2)10-17(23(35)29-18(24(36)37)11-14-6-4-3-5-7-14)28-22(34)16(8-9-20(31)32)27-21(33)15(25)12-19(26)30/h3-7,13,15-18H,8-12,25H2,1-2H3,(H2,26,30)(H,27,33)(H,28,34)(H,29,35)(H,31,32)(H,36,37). The number of carboxylic acids is 2. The van der Waals surface area contributed by atoms with Crippen LogP contribution in [0, 0.1) is 5.92 Å². The molecule has 37 heavy (non-hydrogen) atoms.